The van der Waals surface area contributed by atoms with Crippen LogP contribution in [0.3, 0.4) is 0 Å². The second kappa shape index (κ2) is 8.11. The van der Waals surface area contributed by atoms with Gasteiger partial charge in [0.05, 0.1) is 6.10 Å². The van der Waals surface area contributed by atoms with E-state index in [4.69, 9.17) is 0 Å². The summed E-state index contributed by atoms with van der Waals surface area (Å²) in [6, 6.07) is 0. The summed E-state index contributed by atoms with van der Waals surface area (Å²) in [5, 5.41) is 9.92. The number of aliphatic hydroxyl groups excluding tert-OH is 1. The molecule has 0 aromatic heterocycles. The number of hydrogen-bond acceptors (Lipinski definition) is 1. The summed E-state index contributed by atoms with van der Waals surface area (Å²) >= 11 is 0. The minimum Gasteiger partial charge on any atom is -0.393 e. The number of aliphatic hydroxyl groups is 1. The van der Waals surface area contributed by atoms with E-state index >= 15 is 0 Å². The quantitative estimate of drug-likeness (QED) is 0.563. The average molecular weight is 228 g/mol. The Bertz CT molecular complexity index is 161. The van der Waals surface area contributed by atoms with Gasteiger partial charge in [-0.15, -0.1) is 0 Å². The summed E-state index contributed by atoms with van der Waals surface area (Å²) in [6.45, 7) is 11.2. The predicted molar refractivity (Wildman–Crippen MR) is 72.6 cm³/mol. The molecule has 0 aromatic rings. The van der Waals surface area contributed by atoms with Gasteiger partial charge >= 0.3 is 0 Å². The average Bonchev–Trinajstić information content (AvgIpc) is 2.16. The maximum atomic E-state index is 9.92. The summed E-state index contributed by atoms with van der Waals surface area (Å²) in [6.07, 6.45) is 8.12. The van der Waals surface area contributed by atoms with E-state index in [9.17, 15) is 5.11 Å². The predicted octanol–water partition coefficient (Wildman–Crippen LogP) is 4.78. The molecule has 16 heavy (non-hydrogen) atoms. The molecular formula is C15H32O. The summed E-state index contributed by atoms with van der Waals surface area (Å²) in [4.78, 5) is 0. The molecule has 0 radical (unpaired) electrons. The zero-order chi connectivity index (χ0) is 12.6. The highest BCUT2D eigenvalue weighted by atomic mass is 16.3. The Morgan fingerprint density at radius 3 is 2.06 bits per heavy atom. The fourth-order valence-corrected chi connectivity index (χ4v) is 1.99. The lowest BCUT2D eigenvalue weighted by Crippen LogP contribution is -2.19. The van der Waals surface area contributed by atoms with Crippen LogP contribution in [0.5, 0.6) is 0 Å². The van der Waals surface area contributed by atoms with Crippen molar-refractivity contribution >= 4 is 0 Å². The molecule has 1 unspecified atom stereocenters. The van der Waals surface area contributed by atoms with Crippen molar-refractivity contribution in [3.8, 4) is 0 Å². The summed E-state index contributed by atoms with van der Waals surface area (Å²) in [7, 11) is 0. The van der Waals surface area contributed by atoms with Crippen LogP contribution in [0.4, 0.5) is 0 Å². The molecule has 1 heteroatoms. The Morgan fingerprint density at radius 1 is 1.00 bits per heavy atom. The van der Waals surface area contributed by atoms with Crippen LogP contribution < -0.4 is 0 Å². The van der Waals surface area contributed by atoms with Crippen molar-refractivity contribution in [2.75, 3.05) is 0 Å². The normalized spacial score (nSPS) is 14.4. The van der Waals surface area contributed by atoms with Crippen LogP contribution in [0.15, 0.2) is 0 Å². The molecule has 1 atom stereocenters. The van der Waals surface area contributed by atoms with Crippen LogP contribution in [0.2, 0.25) is 0 Å². The van der Waals surface area contributed by atoms with E-state index in [1.807, 2.05) is 0 Å². The zero-order valence-electron chi connectivity index (χ0n) is 12.1. The first-order chi connectivity index (χ1) is 7.37. The summed E-state index contributed by atoms with van der Waals surface area (Å²) in [5.74, 6) is 0.823. The van der Waals surface area contributed by atoms with E-state index < -0.39 is 0 Å². The highest BCUT2D eigenvalue weighted by molar-refractivity contribution is 4.71. The first-order valence-corrected chi connectivity index (χ1v) is 7.05. The third kappa shape index (κ3) is 9.21. The third-order valence-electron chi connectivity index (χ3n) is 3.56. The number of unbranched alkanes of at least 4 members (excludes halogenated alkanes) is 2. The fourth-order valence-electron chi connectivity index (χ4n) is 1.99. The molecule has 1 nitrogen and oxygen atoms in total. The van der Waals surface area contributed by atoms with Crippen LogP contribution in [-0.4, -0.2) is 11.2 Å². The molecule has 0 spiro atoms. The SMILES string of the molecule is CCC(C)(C)CC(O)CCCCCC(C)C. The van der Waals surface area contributed by atoms with E-state index in [0.717, 1.165) is 25.2 Å². The van der Waals surface area contributed by atoms with Crippen LogP contribution in [0, 0.1) is 11.3 Å². The Hall–Kier alpha value is -0.0400. The van der Waals surface area contributed by atoms with Gasteiger partial charge in [0.2, 0.25) is 0 Å². The van der Waals surface area contributed by atoms with Gasteiger partial charge in [-0.05, 0) is 24.2 Å². The first-order valence-electron chi connectivity index (χ1n) is 7.05. The van der Waals surface area contributed by atoms with Crippen molar-refractivity contribution in [3.63, 3.8) is 0 Å². The topological polar surface area (TPSA) is 20.2 Å². The van der Waals surface area contributed by atoms with Crippen LogP contribution in [0.25, 0.3) is 0 Å². The van der Waals surface area contributed by atoms with E-state index in [-0.39, 0.29) is 6.10 Å². The minimum atomic E-state index is -0.0889. The maximum absolute atomic E-state index is 9.92. The molecule has 1 N–H and O–H groups in total. The molecule has 0 heterocycles. The highest BCUT2D eigenvalue weighted by Crippen LogP contribution is 2.27. The Morgan fingerprint density at radius 2 is 1.56 bits per heavy atom. The van der Waals surface area contributed by atoms with Crippen LogP contribution in [-0.2, 0) is 0 Å². The van der Waals surface area contributed by atoms with E-state index in [1.165, 1.54) is 25.7 Å². The molecule has 0 saturated carbocycles. The molecule has 0 aliphatic heterocycles. The third-order valence-corrected chi connectivity index (χ3v) is 3.56. The van der Waals surface area contributed by atoms with Gasteiger partial charge in [0.25, 0.3) is 0 Å². The lowest BCUT2D eigenvalue weighted by Gasteiger charge is -2.25. The molecule has 0 aromatic carbocycles. The Labute approximate surface area is 103 Å². The first kappa shape index (κ1) is 16.0. The van der Waals surface area contributed by atoms with E-state index in [0.29, 0.717) is 5.41 Å². The van der Waals surface area contributed by atoms with Gasteiger partial charge < -0.3 is 5.11 Å². The number of hydrogen-bond donors (Lipinski definition) is 1. The minimum absolute atomic E-state index is 0.0889. The molecule has 0 fully saturated rings. The summed E-state index contributed by atoms with van der Waals surface area (Å²) in [5.41, 5.74) is 0.303. The second-order valence-electron chi connectivity index (χ2n) is 6.41. The molecular weight excluding hydrogens is 196 g/mol. The monoisotopic (exact) mass is 228 g/mol. The van der Waals surface area contributed by atoms with Gasteiger partial charge in [-0.3, -0.25) is 0 Å². The highest BCUT2D eigenvalue weighted by Gasteiger charge is 2.19. The molecule has 98 valence electrons. The maximum Gasteiger partial charge on any atom is 0.0545 e. The molecule has 0 aliphatic rings. The van der Waals surface area contributed by atoms with Crippen molar-refractivity contribution in [2.45, 2.75) is 85.7 Å². The van der Waals surface area contributed by atoms with Gasteiger partial charge in [0, 0.05) is 0 Å². The van der Waals surface area contributed by atoms with Crippen LogP contribution in [0.1, 0.15) is 79.6 Å². The lowest BCUT2D eigenvalue weighted by molar-refractivity contribution is 0.101. The molecule has 0 aliphatic carbocycles. The van der Waals surface area contributed by atoms with Gasteiger partial charge in [-0.25, -0.2) is 0 Å². The van der Waals surface area contributed by atoms with E-state index in [1.54, 1.807) is 0 Å². The van der Waals surface area contributed by atoms with E-state index in [2.05, 4.69) is 34.6 Å². The smallest absolute Gasteiger partial charge is 0.0545 e. The lowest BCUT2D eigenvalue weighted by atomic mass is 9.83. The fraction of sp³-hybridized carbons (Fsp3) is 1.00. The number of rotatable bonds is 9. The molecule has 0 bridgehead atoms. The standard InChI is InChI=1S/C15H32O/c1-6-15(4,5)12-14(16)11-9-7-8-10-13(2)3/h13-14,16H,6-12H2,1-5H3. The van der Waals surface area contributed by atoms with Crippen molar-refractivity contribution in [1.82, 2.24) is 0 Å². The van der Waals surface area contributed by atoms with Gasteiger partial charge in [-0.2, -0.15) is 0 Å². The zero-order valence-corrected chi connectivity index (χ0v) is 12.1. The van der Waals surface area contributed by atoms with Crippen molar-refractivity contribution in [3.05, 3.63) is 0 Å². The van der Waals surface area contributed by atoms with Gasteiger partial charge in [0.15, 0.2) is 0 Å². The van der Waals surface area contributed by atoms with Gasteiger partial charge in [0.1, 0.15) is 0 Å². The van der Waals surface area contributed by atoms with Crippen molar-refractivity contribution in [1.29, 1.82) is 0 Å². The van der Waals surface area contributed by atoms with Crippen molar-refractivity contribution < 1.29 is 5.11 Å². The van der Waals surface area contributed by atoms with Crippen molar-refractivity contribution in [2.24, 2.45) is 11.3 Å². The van der Waals surface area contributed by atoms with Crippen LogP contribution >= 0.6 is 0 Å². The molecule has 0 saturated heterocycles. The van der Waals surface area contributed by atoms with Gasteiger partial charge in [-0.1, -0.05) is 66.7 Å². The summed E-state index contributed by atoms with van der Waals surface area (Å²) < 4.78 is 0. The Kier molecular flexibility index (Phi) is 8.09. The largest absolute Gasteiger partial charge is 0.393 e. The molecule has 0 rings (SSSR count). The second-order valence-corrected chi connectivity index (χ2v) is 6.41. The Balaban J connectivity index is 3.47. The molecule has 0 amide bonds.